The summed E-state index contributed by atoms with van der Waals surface area (Å²) in [6.45, 7) is 3.38. The lowest BCUT2D eigenvalue weighted by Crippen LogP contribution is -2.35. The highest BCUT2D eigenvalue weighted by Gasteiger charge is 2.11. The summed E-state index contributed by atoms with van der Waals surface area (Å²) in [5.41, 5.74) is 0.352. The number of carbonyl (C=O) groups is 2. The molecular weight excluding hydrogens is 275 g/mol. The fourth-order valence-corrected chi connectivity index (χ4v) is 1.66. The van der Waals surface area contributed by atoms with Crippen molar-refractivity contribution in [2.75, 3.05) is 11.9 Å². The molecule has 0 saturated carbocycles. The van der Waals surface area contributed by atoms with Crippen molar-refractivity contribution in [3.63, 3.8) is 0 Å². The first kappa shape index (κ1) is 14.8. The van der Waals surface area contributed by atoms with Crippen LogP contribution in [0.25, 0.3) is 0 Å². The first-order chi connectivity index (χ1) is 8.41. The zero-order chi connectivity index (χ0) is 13.7. The van der Waals surface area contributed by atoms with Crippen LogP contribution in [-0.4, -0.2) is 18.4 Å². The van der Waals surface area contributed by atoms with E-state index in [4.69, 9.17) is 23.2 Å². The molecule has 0 fully saturated rings. The topological polar surface area (TPSA) is 58.2 Å². The Hall–Kier alpha value is -1.26. The minimum atomic E-state index is -0.376. The second-order valence-corrected chi connectivity index (χ2v) is 4.83. The molecule has 0 aliphatic heterocycles. The third-order valence-corrected chi connectivity index (χ3v) is 2.80. The molecule has 98 valence electrons. The van der Waals surface area contributed by atoms with Crippen LogP contribution in [0.15, 0.2) is 18.2 Å². The molecule has 0 radical (unpaired) electrons. The molecule has 0 spiro atoms. The molecular formula is C12H14Cl2N2O2. The Bertz CT molecular complexity index is 441. The SMILES string of the molecule is CC(C)C(=O)NCC(=O)Nc1c(Cl)cccc1Cl. The fourth-order valence-electron chi connectivity index (χ4n) is 1.17. The van der Waals surface area contributed by atoms with Gasteiger partial charge in [0, 0.05) is 5.92 Å². The molecule has 6 heteroatoms. The summed E-state index contributed by atoms with van der Waals surface area (Å²) in [5, 5.41) is 5.76. The van der Waals surface area contributed by atoms with Gasteiger partial charge in [-0.3, -0.25) is 9.59 Å². The molecule has 1 aromatic carbocycles. The third-order valence-electron chi connectivity index (χ3n) is 2.17. The van der Waals surface area contributed by atoms with Crippen molar-refractivity contribution in [1.29, 1.82) is 0 Å². The summed E-state index contributed by atoms with van der Waals surface area (Å²) in [6, 6.07) is 4.92. The number of halogens is 2. The van der Waals surface area contributed by atoms with Crippen LogP contribution in [0.3, 0.4) is 0 Å². The predicted octanol–water partition coefficient (Wildman–Crippen LogP) is 2.70. The molecule has 0 bridgehead atoms. The molecule has 0 aliphatic rings. The molecule has 0 saturated heterocycles. The van der Waals surface area contributed by atoms with E-state index in [1.54, 1.807) is 32.0 Å². The Morgan fingerprint density at radius 2 is 1.78 bits per heavy atom. The van der Waals surface area contributed by atoms with E-state index in [1.807, 2.05) is 0 Å². The number of benzene rings is 1. The highest BCUT2D eigenvalue weighted by Crippen LogP contribution is 2.29. The molecule has 0 unspecified atom stereocenters. The molecule has 2 amide bonds. The van der Waals surface area contributed by atoms with Gasteiger partial charge in [0.15, 0.2) is 0 Å². The van der Waals surface area contributed by atoms with Crippen molar-refractivity contribution in [2.24, 2.45) is 5.92 Å². The number of anilines is 1. The van der Waals surface area contributed by atoms with Crippen molar-refractivity contribution in [1.82, 2.24) is 5.32 Å². The Balaban J connectivity index is 2.58. The number of para-hydroxylation sites is 1. The first-order valence-corrected chi connectivity index (χ1v) is 6.19. The number of amides is 2. The summed E-state index contributed by atoms with van der Waals surface area (Å²) in [7, 11) is 0. The van der Waals surface area contributed by atoms with Crippen LogP contribution in [0.1, 0.15) is 13.8 Å². The van der Waals surface area contributed by atoms with Gasteiger partial charge in [0.25, 0.3) is 0 Å². The maximum absolute atomic E-state index is 11.6. The van der Waals surface area contributed by atoms with Crippen LogP contribution in [0.5, 0.6) is 0 Å². The Morgan fingerprint density at radius 3 is 2.28 bits per heavy atom. The zero-order valence-corrected chi connectivity index (χ0v) is 11.6. The van der Waals surface area contributed by atoms with Gasteiger partial charge in [-0.1, -0.05) is 43.1 Å². The summed E-state index contributed by atoms with van der Waals surface area (Å²) in [4.78, 5) is 22.9. The van der Waals surface area contributed by atoms with Gasteiger partial charge in [-0.15, -0.1) is 0 Å². The molecule has 4 nitrogen and oxygen atoms in total. The maximum atomic E-state index is 11.6. The molecule has 0 aromatic heterocycles. The molecule has 18 heavy (non-hydrogen) atoms. The average molecular weight is 289 g/mol. The summed E-state index contributed by atoms with van der Waals surface area (Å²) in [6.07, 6.45) is 0. The van der Waals surface area contributed by atoms with Crippen LogP contribution in [-0.2, 0) is 9.59 Å². The van der Waals surface area contributed by atoms with E-state index >= 15 is 0 Å². The van der Waals surface area contributed by atoms with Gasteiger partial charge in [0.1, 0.15) is 0 Å². The van der Waals surface area contributed by atoms with Crippen molar-refractivity contribution in [3.05, 3.63) is 28.2 Å². The van der Waals surface area contributed by atoms with E-state index in [0.717, 1.165) is 0 Å². The molecule has 1 aromatic rings. The van der Waals surface area contributed by atoms with E-state index < -0.39 is 0 Å². The van der Waals surface area contributed by atoms with Crippen LogP contribution in [0.2, 0.25) is 10.0 Å². The Kier molecular flexibility index (Phi) is 5.44. The van der Waals surface area contributed by atoms with E-state index in [2.05, 4.69) is 10.6 Å². The van der Waals surface area contributed by atoms with E-state index in [-0.39, 0.29) is 24.3 Å². The minimum absolute atomic E-state index is 0.113. The lowest BCUT2D eigenvalue weighted by Gasteiger charge is -2.10. The number of nitrogens with one attached hydrogen (secondary N) is 2. The molecule has 1 rings (SSSR count). The van der Waals surface area contributed by atoms with E-state index in [9.17, 15) is 9.59 Å². The number of hydrogen-bond acceptors (Lipinski definition) is 2. The highest BCUT2D eigenvalue weighted by atomic mass is 35.5. The van der Waals surface area contributed by atoms with Gasteiger partial charge in [0.05, 0.1) is 22.3 Å². The fraction of sp³-hybridized carbons (Fsp3) is 0.333. The normalized spacial score (nSPS) is 10.3. The number of carbonyl (C=O) groups excluding carboxylic acids is 2. The van der Waals surface area contributed by atoms with Crippen molar-refractivity contribution in [2.45, 2.75) is 13.8 Å². The van der Waals surface area contributed by atoms with Gasteiger partial charge in [-0.25, -0.2) is 0 Å². The van der Waals surface area contributed by atoms with Gasteiger partial charge in [-0.2, -0.15) is 0 Å². The predicted molar refractivity (Wildman–Crippen MR) is 72.9 cm³/mol. The zero-order valence-electron chi connectivity index (χ0n) is 10.1. The van der Waals surface area contributed by atoms with Gasteiger partial charge in [-0.05, 0) is 12.1 Å². The third kappa shape index (κ3) is 4.20. The molecule has 0 aliphatic carbocycles. The quantitative estimate of drug-likeness (QED) is 0.895. The van der Waals surface area contributed by atoms with Crippen LogP contribution < -0.4 is 10.6 Å². The van der Waals surface area contributed by atoms with E-state index in [0.29, 0.717) is 15.7 Å². The van der Waals surface area contributed by atoms with Crippen molar-refractivity contribution < 1.29 is 9.59 Å². The van der Waals surface area contributed by atoms with Crippen molar-refractivity contribution in [3.8, 4) is 0 Å². The average Bonchev–Trinajstić information content (AvgIpc) is 2.30. The summed E-state index contributed by atoms with van der Waals surface area (Å²) in [5.74, 6) is -0.726. The second-order valence-electron chi connectivity index (χ2n) is 4.02. The lowest BCUT2D eigenvalue weighted by atomic mass is 10.2. The lowest BCUT2D eigenvalue weighted by molar-refractivity contribution is -0.126. The van der Waals surface area contributed by atoms with Crippen molar-refractivity contribution >= 4 is 40.7 Å². The smallest absolute Gasteiger partial charge is 0.243 e. The Morgan fingerprint density at radius 1 is 1.22 bits per heavy atom. The van der Waals surface area contributed by atoms with Gasteiger partial charge < -0.3 is 10.6 Å². The largest absolute Gasteiger partial charge is 0.347 e. The number of rotatable bonds is 4. The standard InChI is InChI=1S/C12H14Cl2N2O2/c1-7(2)12(18)15-6-10(17)16-11-8(13)4-3-5-9(11)14/h3-5,7H,6H2,1-2H3,(H,15,18)(H,16,17). The second kappa shape index (κ2) is 6.61. The first-order valence-electron chi connectivity index (χ1n) is 5.43. The van der Waals surface area contributed by atoms with Gasteiger partial charge >= 0.3 is 0 Å². The van der Waals surface area contributed by atoms with Crippen LogP contribution in [0.4, 0.5) is 5.69 Å². The van der Waals surface area contributed by atoms with Crippen LogP contribution in [0, 0.1) is 5.92 Å². The maximum Gasteiger partial charge on any atom is 0.243 e. The summed E-state index contributed by atoms with van der Waals surface area (Å²) < 4.78 is 0. The summed E-state index contributed by atoms with van der Waals surface area (Å²) >= 11 is 11.8. The molecule has 0 heterocycles. The number of hydrogen-bond donors (Lipinski definition) is 2. The monoisotopic (exact) mass is 288 g/mol. The highest BCUT2D eigenvalue weighted by molar-refractivity contribution is 6.39. The van der Waals surface area contributed by atoms with E-state index in [1.165, 1.54) is 0 Å². The minimum Gasteiger partial charge on any atom is -0.347 e. The van der Waals surface area contributed by atoms with Gasteiger partial charge in [0.2, 0.25) is 11.8 Å². The molecule has 0 atom stereocenters. The Labute approximate surface area is 116 Å². The van der Waals surface area contributed by atoms with Crippen LogP contribution >= 0.6 is 23.2 Å². The molecule has 2 N–H and O–H groups in total.